The number of hydrogen-bond acceptors (Lipinski definition) is 5. The molecule has 5 rings (SSSR count). The van der Waals surface area contributed by atoms with Crippen molar-refractivity contribution in [3.8, 4) is 0 Å². The molecule has 3 saturated carbocycles. The Bertz CT molecular complexity index is 713. The summed E-state index contributed by atoms with van der Waals surface area (Å²) in [5.74, 6) is 3.07. The van der Waals surface area contributed by atoms with E-state index in [0.29, 0.717) is 18.8 Å². The molecule has 0 spiro atoms. The molecule has 128 valence electrons. The molecule has 0 unspecified atom stereocenters. The molecule has 0 saturated heterocycles. The zero-order valence-electron chi connectivity index (χ0n) is 14.0. The highest BCUT2D eigenvalue weighted by Gasteiger charge is 2.53. The molecule has 3 fully saturated rings. The fraction of sp³-hybridized carbons (Fsp3) is 0.667. The maximum Gasteiger partial charge on any atom is 0.146 e. The molecule has 3 aliphatic carbocycles. The Hall–Kier alpha value is -1.24. The van der Waals surface area contributed by atoms with Gasteiger partial charge < -0.3 is 14.0 Å². The molecule has 2 aromatic rings. The minimum atomic E-state index is -0.0185. The van der Waals surface area contributed by atoms with Crippen molar-refractivity contribution in [2.75, 3.05) is 13.9 Å². The van der Waals surface area contributed by atoms with Crippen LogP contribution in [-0.2, 0) is 14.9 Å². The smallest absolute Gasteiger partial charge is 0.146 e. The standard InChI is InChI=1S/C18H23N3O2S/c1-22-11-23-14-9-18(10-14,15-3-2-8-24-15)17-20-19-16(12-4-5-12)21(17)13-6-7-13/h2-3,8,12-14H,4-7,9-11H2,1H3/t14-,18+. The van der Waals surface area contributed by atoms with Crippen LogP contribution < -0.4 is 0 Å². The van der Waals surface area contributed by atoms with Gasteiger partial charge in [-0.3, -0.25) is 0 Å². The van der Waals surface area contributed by atoms with E-state index in [1.165, 1.54) is 42.2 Å². The van der Waals surface area contributed by atoms with Gasteiger partial charge in [0, 0.05) is 23.9 Å². The maximum absolute atomic E-state index is 5.81. The third-order valence-corrected chi connectivity index (χ3v) is 6.65. The van der Waals surface area contributed by atoms with Crippen molar-refractivity contribution >= 4 is 11.3 Å². The minimum Gasteiger partial charge on any atom is -0.359 e. The van der Waals surface area contributed by atoms with E-state index >= 15 is 0 Å². The summed E-state index contributed by atoms with van der Waals surface area (Å²) in [6.07, 6.45) is 7.30. The van der Waals surface area contributed by atoms with Gasteiger partial charge in [-0.05, 0) is 50.0 Å². The average molecular weight is 345 g/mol. The molecule has 5 nitrogen and oxygen atoms in total. The molecule has 3 aliphatic rings. The molecule has 0 aromatic carbocycles. The molecule has 2 aromatic heterocycles. The van der Waals surface area contributed by atoms with Crippen LogP contribution in [0.15, 0.2) is 17.5 Å². The number of thiophene rings is 1. The van der Waals surface area contributed by atoms with Gasteiger partial charge in [0.2, 0.25) is 0 Å². The highest BCUT2D eigenvalue weighted by Crippen LogP contribution is 2.54. The predicted octanol–water partition coefficient (Wildman–Crippen LogP) is 3.62. The van der Waals surface area contributed by atoms with Gasteiger partial charge >= 0.3 is 0 Å². The third kappa shape index (κ3) is 2.35. The molecule has 2 heterocycles. The van der Waals surface area contributed by atoms with Crippen LogP contribution in [0, 0.1) is 0 Å². The molecule has 0 radical (unpaired) electrons. The molecular weight excluding hydrogens is 322 g/mol. The summed E-state index contributed by atoms with van der Waals surface area (Å²) >= 11 is 1.83. The highest BCUT2D eigenvalue weighted by atomic mass is 32.1. The van der Waals surface area contributed by atoms with Crippen molar-refractivity contribution in [3.63, 3.8) is 0 Å². The van der Waals surface area contributed by atoms with Gasteiger partial charge in [0.15, 0.2) is 0 Å². The van der Waals surface area contributed by atoms with E-state index in [2.05, 4.69) is 27.2 Å². The molecule has 6 heteroatoms. The Kier molecular flexibility index (Phi) is 3.54. The summed E-state index contributed by atoms with van der Waals surface area (Å²) in [4.78, 5) is 1.40. The molecule has 24 heavy (non-hydrogen) atoms. The lowest BCUT2D eigenvalue weighted by Gasteiger charge is -2.46. The summed E-state index contributed by atoms with van der Waals surface area (Å²) in [5, 5.41) is 11.5. The summed E-state index contributed by atoms with van der Waals surface area (Å²) in [6, 6.07) is 5.02. The first-order chi connectivity index (χ1) is 11.8. The molecule has 0 N–H and O–H groups in total. The lowest BCUT2D eigenvalue weighted by atomic mass is 9.65. The van der Waals surface area contributed by atoms with Gasteiger partial charge in [0.25, 0.3) is 0 Å². The fourth-order valence-electron chi connectivity index (χ4n) is 3.99. The zero-order chi connectivity index (χ0) is 16.1. The van der Waals surface area contributed by atoms with Gasteiger partial charge in [0.05, 0.1) is 11.5 Å². The molecular formula is C18H23N3O2S. The van der Waals surface area contributed by atoms with E-state index in [1.54, 1.807) is 7.11 Å². The minimum absolute atomic E-state index is 0.0185. The molecule has 0 bridgehead atoms. The Morgan fingerprint density at radius 2 is 2.08 bits per heavy atom. The number of hydrogen-bond donors (Lipinski definition) is 0. The molecule has 0 atom stereocenters. The van der Waals surface area contributed by atoms with Crippen molar-refractivity contribution in [3.05, 3.63) is 34.0 Å². The summed E-state index contributed by atoms with van der Waals surface area (Å²) in [6.45, 7) is 0.369. The number of ether oxygens (including phenoxy) is 2. The van der Waals surface area contributed by atoms with Crippen LogP contribution in [0.2, 0.25) is 0 Å². The van der Waals surface area contributed by atoms with Crippen LogP contribution in [0.1, 0.15) is 67.0 Å². The van der Waals surface area contributed by atoms with Gasteiger partial charge in [0.1, 0.15) is 18.4 Å². The fourth-order valence-corrected chi connectivity index (χ4v) is 4.93. The topological polar surface area (TPSA) is 49.2 Å². The van der Waals surface area contributed by atoms with Crippen molar-refractivity contribution in [1.29, 1.82) is 0 Å². The normalized spacial score (nSPS) is 29.6. The number of aromatic nitrogens is 3. The van der Waals surface area contributed by atoms with Crippen molar-refractivity contribution in [2.45, 2.75) is 62.0 Å². The lowest BCUT2D eigenvalue weighted by molar-refractivity contribution is -0.116. The monoisotopic (exact) mass is 345 g/mol. The first kappa shape index (κ1) is 15.0. The quantitative estimate of drug-likeness (QED) is 0.719. The molecule has 0 aliphatic heterocycles. The number of nitrogens with zero attached hydrogens (tertiary/aromatic N) is 3. The highest BCUT2D eigenvalue weighted by molar-refractivity contribution is 7.10. The van der Waals surface area contributed by atoms with Crippen LogP contribution in [-0.4, -0.2) is 34.8 Å². The van der Waals surface area contributed by atoms with Crippen LogP contribution in [0.5, 0.6) is 0 Å². The summed E-state index contributed by atoms with van der Waals surface area (Å²) < 4.78 is 13.4. The van der Waals surface area contributed by atoms with Gasteiger partial charge in [-0.25, -0.2) is 0 Å². The van der Waals surface area contributed by atoms with Crippen LogP contribution in [0.3, 0.4) is 0 Å². The Morgan fingerprint density at radius 1 is 1.25 bits per heavy atom. The van der Waals surface area contributed by atoms with Crippen LogP contribution in [0.4, 0.5) is 0 Å². The Morgan fingerprint density at radius 3 is 2.71 bits per heavy atom. The third-order valence-electron chi connectivity index (χ3n) is 5.57. The van der Waals surface area contributed by atoms with Crippen molar-refractivity contribution in [1.82, 2.24) is 14.8 Å². The summed E-state index contributed by atoms with van der Waals surface area (Å²) in [5.41, 5.74) is -0.0185. The van der Waals surface area contributed by atoms with E-state index in [-0.39, 0.29) is 11.5 Å². The first-order valence-electron chi connectivity index (χ1n) is 8.91. The van der Waals surface area contributed by atoms with E-state index in [0.717, 1.165) is 12.8 Å². The van der Waals surface area contributed by atoms with E-state index in [9.17, 15) is 0 Å². The predicted molar refractivity (Wildman–Crippen MR) is 91.4 cm³/mol. The Labute approximate surface area is 146 Å². The van der Waals surface area contributed by atoms with Crippen LogP contribution in [0.25, 0.3) is 0 Å². The van der Waals surface area contributed by atoms with Gasteiger partial charge in [-0.15, -0.1) is 21.5 Å². The maximum atomic E-state index is 5.81. The van der Waals surface area contributed by atoms with E-state index in [1.807, 2.05) is 11.3 Å². The average Bonchev–Trinajstić information content (AvgIpc) is 3.49. The Balaban J connectivity index is 1.52. The van der Waals surface area contributed by atoms with E-state index < -0.39 is 0 Å². The zero-order valence-corrected chi connectivity index (χ0v) is 14.8. The molecule has 0 amide bonds. The summed E-state index contributed by atoms with van der Waals surface area (Å²) in [7, 11) is 1.68. The SMILES string of the molecule is COCO[C@H]1C[C@@](c2cccs2)(c2nnc(C3CC3)n2C2CC2)C1. The number of methoxy groups -OCH3 is 1. The lowest BCUT2D eigenvalue weighted by Crippen LogP contribution is -2.48. The van der Waals surface area contributed by atoms with Gasteiger partial charge in [-0.1, -0.05) is 6.07 Å². The second kappa shape index (κ2) is 5.64. The van der Waals surface area contributed by atoms with Crippen LogP contribution >= 0.6 is 11.3 Å². The largest absolute Gasteiger partial charge is 0.359 e. The number of rotatable bonds is 7. The second-order valence-corrected chi connectivity index (χ2v) is 8.37. The van der Waals surface area contributed by atoms with Crippen molar-refractivity contribution in [2.24, 2.45) is 0 Å². The first-order valence-corrected chi connectivity index (χ1v) is 9.79. The van der Waals surface area contributed by atoms with E-state index in [4.69, 9.17) is 14.6 Å². The van der Waals surface area contributed by atoms with Gasteiger partial charge in [-0.2, -0.15) is 0 Å². The van der Waals surface area contributed by atoms with Crippen molar-refractivity contribution < 1.29 is 9.47 Å². The second-order valence-electron chi connectivity index (χ2n) is 7.42.